The first-order valence-corrected chi connectivity index (χ1v) is 8.56. The van der Waals surface area contributed by atoms with E-state index in [0.29, 0.717) is 0 Å². The Morgan fingerprint density at radius 1 is 1.24 bits per heavy atom. The number of para-hydroxylation sites is 2. The molecule has 1 N–H and O–H groups in total. The van der Waals surface area contributed by atoms with Crippen LogP contribution in [0.3, 0.4) is 0 Å². The van der Waals surface area contributed by atoms with Crippen molar-refractivity contribution in [2.24, 2.45) is 10.4 Å². The first-order valence-electron chi connectivity index (χ1n) is 8.56. The molecule has 0 aromatic heterocycles. The van der Waals surface area contributed by atoms with E-state index in [1.807, 2.05) is 19.2 Å². The fraction of sp³-hybridized carbons (Fsp3) is 0.611. The second-order valence-electron chi connectivity index (χ2n) is 6.85. The molecule has 0 atom stereocenters. The molecule has 140 valence electrons. The number of rotatable bonds is 4. The molecule has 0 saturated carbocycles. The number of hydrogen-bond donors (Lipinski definition) is 1. The second-order valence-corrected chi connectivity index (χ2v) is 6.85. The highest BCUT2D eigenvalue weighted by atomic mass is 127. The molecule has 0 bridgehead atoms. The van der Waals surface area contributed by atoms with E-state index < -0.39 is 0 Å². The van der Waals surface area contributed by atoms with Crippen LogP contribution in [0.2, 0.25) is 0 Å². The van der Waals surface area contributed by atoms with Gasteiger partial charge in [-0.3, -0.25) is 4.99 Å². The molecule has 3 rings (SSSR count). The zero-order chi connectivity index (χ0) is 17.0. The van der Waals surface area contributed by atoms with Crippen molar-refractivity contribution in [3.63, 3.8) is 0 Å². The van der Waals surface area contributed by atoms with E-state index in [4.69, 9.17) is 9.47 Å². The molecule has 0 unspecified atom stereocenters. The van der Waals surface area contributed by atoms with E-state index in [2.05, 4.69) is 39.2 Å². The van der Waals surface area contributed by atoms with Crippen LogP contribution >= 0.6 is 24.0 Å². The summed E-state index contributed by atoms with van der Waals surface area (Å²) in [4.78, 5) is 9.16. The van der Waals surface area contributed by atoms with Gasteiger partial charge in [0.05, 0.1) is 26.0 Å². The van der Waals surface area contributed by atoms with E-state index in [1.54, 1.807) is 7.11 Å². The lowest BCUT2D eigenvalue weighted by Gasteiger charge is -2.41. The van der Waals surface area contributed by atoms with Gasteiger partial charge < -0.3 is 24.6 Å². The highest BCUT2D eigenvalue weighted by Crippen LogP contribution is 2.28. The van der Waals surface area contributed by atoms with Crippen LogP contribution < -0.4 is 15.0 Å². The molecular weight excluding hydrogens is 431 g/mol. The van der Waals surface area contributed by atoms with Crippen molar-refractivity contribution < 1.29 is 9.47 Å². The number of nitrogens with one attached hydrogen (secondary N) is 1. The standard InChI is InChI=1S/C18H28N4O2.HI/c1-18(13-24-14-18)12-20-17(19-2)22-10-8-21(9-11-22)15-6-4-5-7-16(15)23-3;/h4-7H,8-14H2,1-3H3,(H,19,20);1H. The Bertz CT molecular complexity index is 584. The lowest BCUT2D eigenvalue weighted by atomic mass is 9.89. The van der Waals surface area contributed by atoms with Gasteiger partial charge in [-0.15, -0.1) is 24.0 Å². The van der Waals surface area contributed by atoms with Crippen molar-refractivity contribution in [3.05, 3.63) is 24.3 Å². The van der Waals surface area contributed by atoms with E-state index in [1.165, 1.54) is 5.69 Å². The van der Waals surface area contributed by atoms with Gasteiger partial charge in [-0.1, -0.05) is 19.1 Å². The number of ether oxygens (including phenoxy) is 2. The Balaban J connectivity index is 0.00000225. The van der Waals surface area contributed by atoms with Gasteiger partial charge in [0, 0.05) is 45.2 Å². The smallest absolute Gasteiger partial charge is 0.193 e. The first-order chi connectivity index (χ1) is 11.6. The average Bonchev–Trinajstić information content (AvgIpc) is 2.61. The Morgan fingerprint density at radius 3 is 2.48 bits per heavy atom. The number of hydrogen-bond acceptors (Lipinski definition) is 4. The van der Waals surface area contributed by atoms with Crippen LogP contribution in [-0.4, -0.2) is 71.0 Å². The number of aliphatic imine (C=N–C) groups is 1. The van der Waals surface area contributed by atoms with Crippen LogP contribution in [0.5, 0.6) is 5.75 Å². The summed E-state index contributed by atoms with van der Waals surface area (Å²) in [5.41, 5.74) is 1.41. The summed E-state index contributed by atoms with van der Waals surface area (Å²) in [6, 6.07) is 8.21. The maximum Gasteiger partial charge on any atom is 0.193 e. The van der Waals surface area contributed by atoms with Gasteiger partial charge in [0.2, 0.25) is 0 Å². The maximum absolute atomic E-state index is 5.49. The lowest BCUT2D eigenvalue weighted by Crippen LogP contribution is -2.56. The minimum atomic E-state index is 0. The van der Waals surface area contributed by atoms with Crippen molar-refractivity contribution >= 4 is 35.6 Å². The number of guanidine groups is 1. The zero-order valence-electron chi connectivity index (χ0n) is 15.3. The fourth-order valence-corrected chi connectivity index (χ4v) is 3.23. The highest BCUT2D eigenvalue weighted by Gasteiger charge is 2.34. The van der Waals surface area contributed by atoms with Crippen molar-refractivity contribution in [2.75, 3.05) is 65.0 Å². The van der Waals surface area contributed by atoms with Crippen LogP contribution in [0.1, 0.15) is 6.92 Å². The van der Waals surface area contributed by atoms with Crippen LogP contribution in [0.25, 0.3) is 0 Å². The first kappa shape index (κ1) is 20.1. The van der Waals surface area contributed by atoms with E-state index in [-0.39, 0.29) is 29.4 Å². The van der Waals surface area contributed by atoms with Gasteiger partial charge in [0.1, 0.15) is 5.75 Å². The van der Waals surface area contributed by atoms with Crippen molar-refractivity contribution in [1.82, 2.24) is 10.2 Å². The third kappa shape index (κ3) is 4.69. The molecule has 7 heteroatoms. The molecule has 2 fully saturated rings. The molecule has 0 amide bonds. The quantitative estimate of drug-likeness (QED) is 0.424. The summed E-state index contributed by atoms with van der Waals surface area (Å²) in [5.74, 6) is 1.93. The Labute approximate surface area is 167 Å². The molecule has 2 heterocycles. The molecule has 0 radical (unpaired) electrons. The molecular formula is C18H29IN4O2. The Hall–Kier alpha value is -1.22. The van der Waals surface area contributed by atoms with Crippen LogP contribution in [0, 0.1) is 5.41 Å². The highest BCUT2D eigenvalue weighted by molar-refractivity contribution is 14.0. The van der Waals surface area contributed by atoms with Gasteiger partial charge in [0.15, 0.2) is 5.96 Å². The van der Waals surface area contributed by atoms with Crippen molar-refractivity contribution in [3.8, 4) is 5.75 Å². The van der Waals surface area contributed by atoms with E-state index >= 15 is 0 Å². The van der Waals surface area contributed by atoms with Gasteiger partial charge in [-0.25, -0.2) is 0 Å². The maximum atomic E-state index is 5.49. The molecule has 2 aliphatic heterocycles. The third-order valence-electron chi connectivity index (χ3n) is 4.79. The number of nitrogens with zero attached hydrogens (tertiary/aromatic N) is 3. The van der Waals surface area contributed by atoms with Crippen LogP contribution in [0.4, 0.5) is 5.69 Å². The lowest BCUT2D eigenvalue weighted by molar-refractivity contribution is -0.0972. The predicted molar refractivity (Wildman–Crippen MR) is 112 cm³/mol. The predicted octanol–water partition coefficient (Wildman–Crippen LogP) is 2.05. The summed E-state index contributed by atoms with van der Waals surface area (Å²) in [5, 5.41) is 3.51. The number of methoxy groups -OCH3 is 1. The van der Waals surface area contributed by atoms with Gasteiger partial charge in [0.25, 0.3) is 0 Å². The number of piperazine rings is 1. The summed E-state index contributed by atoms with van der Waals surface area (Å²) in [7, 11) is 3.58. The van der Waals surface area contributed by atoms with Gasteiger partial charge >= 0.3 is 0 Å². The average molecular weight is 460 g/mol. The molecule has 1 aromatic carbocycles. The number of halogens is 1. The molecule has 6 nitrogen and oxygen atoms in total. The monoisotopic (exact) mass is 460 g/mol. The van der Waals surface area contributed by atoms with E-state index in [0.717, 1.165) is 57.6 Å². The second kappa shape index (κ2) is 8.93. The minimum Gasteiger partial charge on any atom is -0.495 e. The topological polar surface area (TPSA) is 49.3 Å². The third-order valence-corrected chi connectivity index (χ3v) is 4.79. The van der Waals surface area contributed by atoms with Crippen LogP contribution in [-0.2, 0) is 4.74 Å². The Morgan fingerprint density at radius 2 is 1.92 bits per heavy atom. The van der Waals surface area contributed by atoms with Gasteiger partial charge in [-0.2, -0.15) is 0 Å². The summed E-state index contributed by atoms with van der Waals surface area (Å²) >= 11 is 0. The molecule has 25 heavy (non-hydrogen) atoms. The molecule has 0 aliphatic carbocycles. The largest absolute Gasteiger partial charge is 0.495 e. The minimum absolute atomic E-state index is 0. The molecule has 2 aliphatic rings. The number of benzene rings is 1. The molecule has 2 saturated heterocycles. The van der Waals surface area contributed by atoms with Crippen molar-refractivity contribution in [1.29, 1.82) is 0 Å². The summed E-state index contributed by atoms with van der Waals surface area (Å²) in [6.45, 7) is 8.64. The fourth-order valence-electron chi connectivity index (χ4n) is 3.23. The van der Waals surface area contributed by atoms with E-state index in [9.17, 15) is 0 Å². The molecule has 1 aromatic rings. The normalized spacial score (nSPS) is 19.7. The van der Waals surface area contributed by atoms with Crippen molar-refractivity contribution in [2.45, 2.75) is 6.92 Å². The zero-order valence-corrected chi connectivity index (χ0v) is 17.7. The van der Waals surface area contributed by atoms with Crippen LogP contribution in [0.15, 0.2) is 29.3 Å². The molecule has 0 spiro atoms. The Kier molecular flexibility index (Phi) is 7.18. The summed E-state index contributed by atoms with van der Waals surface area (Å²) < 4.78 is 10.8. The SMILES string of the molecule is CN=C(NCC1(C)COC1)N1CCN(c2ccccc2OC)CC1.I. The van der Waals surface area contributed by atoms with Gasteiger partial charge in [-0.05, 0) is 12.1 Å². The summed E-state index contributed by atoms with van der Waals surface area (Å²) in [6.07, 6.45) is 0. The number of anilines is 1.